The Hall–Kier alpha value is -2.40. The fourth-order valence-corrected chi connectivity index (χ4v) is 5.82. The number of rotatable bonds is 4. The molecule has 9 nitrogen and oxygen atoms in total. The molecule has 0 radical (unpaired) electrons. The molecule has 32 heavy (non-hydrogen) atoms. The minimum atomic E-state index is -3.73. The number of hydrogen-bond acceptors (Lipinski definition) is 7. The van der Waals surface area contributed by atoms with Crippen molar-refractivity contribution in [3.05, 3.63) is 61.8 Å². The highest BCUT2D eigenvalue weighted by molar-refractivity contribution is 7.89. The summed E-state index contributed by atoms with van der Waals surface area (Å²) in [6.07, 6.45) is 1.51. The van der Waals surface area contributed by atoms with Crippen LogP contribution in [0.1, 0.15) is 17.0 Å². The molecule has 1 aromatic carbocycles. The average molecular weight is 498 g/mol. The van der Waals surface area contributed by atoms with Crippen LogP contribution in [-0.2, 0) is 10.0 Å². The van der Waals surface area contributed by atoms with E-state index in [1.165, 1.54) is 15.2 Å². The molecule has 0 N–H and O–H groups in total. The SMILES string of the molecule is Cc1ccc(-n2ncc(N3CCN(S(=O)(=O)c4c(C)noc4C)CC3)c(Cl)c2=O)cc1Cl. The van der Waals surface area contributed by atoms with Crippen LogP contribution in [0.2, 0.25) is 10.0 Å². The highest BCUT2D eigenvalue weighted by Crippen LogP contribution is 2.27. The van der Waals surface area contributed by atoms with Gasteiger partial charge in [0.15, 0.2) is 5.76 Å². The minimum absolute atomic E-state index is 0.0127. The summed E-state index contributed by atoms with van der Waals surface area (Å²) in [6.45, 7) is 6.18. The Morgan fingerprint density at radius 1 is 1.06 bits per heavy atom. The third-order valence-electron chi connectivity index (χ3n) is 5.45. The molecule has 1 saturated heterocycles. The number of nitrogens with zero attached hydrogens (tertiary/aromatic N) is 5. The predicted octanol–water partition coefficient (Wildman–Crippen LogP) is 2.96. The topological polar surface area (TPSA) is 102 Å². The minimum Gasteiger partial charge on any atom is -0.366 e. The van der Waals surface area contributed by atoms with Crippen LogP contribution in [0.15, 0.2) is 38.6 Å². The van der Waals surface area contributed by atoms with Crippen molar-refractivity contribution in [2.45, 2.75) is 25.7 Å². The molecule has 3 aromatic rings. The summed E-state index contributed by atoms with van der Waals surface area (Å²) in [5.41, 5.74) is 1.71. The molecule has 4 rings (SSSR count). The maximum absolute atomic E-state index is 13.0. The van der Waals surface area contributed by atoms with Gasteiger partial charge in [-0.3, -0.25) is 4.79 Å². The molecule has 1 aliphatic rings. The summed E-state index contributed by atoms with van der Waals surface area (Å²) in [7, 11) is -3.73. The Balaban J connectivity index is 1.56. The van der Waals surface area contributed by atoms with Gasteiger partial charge in [-0.15, -0.1) is 0 Å². The molecule has 1 fully saturated rings. The number of anilines is 1. The Morgan fingerprint density at radius 2 is 1.75 bits per heavy atom. The van der Waals surface area contributed by atoms with Crippen LogP contribution in [0.25, 0.3) is 5.69 Å². The zero-order chi connectivity index (χ0) is 23.2. The molecule has 170 valence electrons. The highest BCUT2D eigenvalue weighted by Gasteiger charge is 2.34. The number of benzene rings is 1. The number of sulfonamides is 1. The fraction of sp³-hybridized carbons (Fsp3) is 0.350. The van der Waals surface area contributed by atoms with Gasteiger partial charge in [0.2, 0.25) is 10.0 Å². The lowest BCUT2D eigenvalue weighted by atomic mass is 10.2. The first-order valence-electron chi connectivity index (χ1n) is 9.83. The van der Waals surface area contributed by atoms with E-state index in [1.807, 2.05) is 11.8 Å². The van der Waals surface area contributed by atoms with Crippen molar-refractivity contribution in [3.8, 4) is 5.69 Å². The van der Waals surface area contributed by atoms with Crippen LogP contribution >= 0.6 is 23.2 Å². The first-order valence-corrected chi connectivity index (χ1v) is 12.0. The second kappa shape index (κ2) is 8.51. The van der Waals surface area contributed by atoms with Gasteiger partial charge in [-0.1, -0.05) is 34.4 Å². The molecule has 2 aromatic heterocycles. The summed E-state index contributed by atoms with van der Waals surface area (Å²) < 4.78 is 33.6. The summed E-state index contributed by atoms with van der Waals surface area (Å²) in [5.74, 6) is 0.261. The van der Waals surface area contributed by atoms with Gasteiger partial charge in [0.25, 0.3) is 5.56 Å². The molecule has 1 aliphatic heterocycles. The second-order valence-electron chi connectivity index (χ2n) is 7.54. The van der Waals surface area contributed by atoms with E-state index in [2.05, 4.69) is 10.3 Å². The van der Waals surface area contributed by atoms with Gasteiger partial charge in [0.05, 0.1) is 17.6 Å². The molecular formula is C20H21Cl2N5O4S. The number of hydrogen-bond donors (Lipinski definition) is 0. The van der Waals surface area contributed by atoms with Gasteiger partial charge >= 0.3 is 0 Å². The largest absolute Gasteiger partial charge is 0.366 e. The Morgan fingerprint density at radius 3 is 2.34 bits per heavy atom. The lowest BCUT2D eigenvalue weighted by molar-refractivity contribution is 0.378. The van der Waals surface area contributed by atoms with Gasteiger partial charge in [-0.05, 0) is 38.5 Å². The van der Waals surface area contributed by atoms with E-state index in [1.54, 1.807) is 32.0 Å². The Labute approximate surface area is 195 Å². The molecule has 3 heterocycles. The molecule has 0 unspecified atom stereocenters. The summed E-state index contributed by atoms with van der Waals surface area (Å²) in [4.78, 5) is 14.8. The Bertz CT molecular complexity index is 1330. The van der Waals surface area contributed by atoms with Crippen LogP contribution in [0.3, 0.4) is 0 Å². The number of halogens is 2. The second-order valence-corrected chi connectivity index (χ2v) is 10.2. The molecule has 0 spiro atoms. The van der Waals surface area contributed by atoms with Crippen LogP contribution in [-0.4, -0.2) is 53.8 Å². The zero-order valence-electron chi connectivity index (χ0n) is 17.7. The lowest BCUT2D eigenvalue weighted by Gasteiger charge is -2.35. The van der Waals surface area contributed by atoms with Gasteiger partial charge in [-0.2, -0.15) is 14.1 Å². The Kier molecular flexibility index (Phi) is 6.06. The number of aromatic nitrogens is 3. The summed E-state index contributed by atoms with van der Waals surface area (Å²) in [6, 6.07) is 5.19. The van der Waals surface area contributed by atoms with Crippen molar-refractivity contribution in [1.29, 1.82) is 0 Å². The van der Waals surface area contributed by atoms with Crippen LogP contribution in [0.5, 0.6) is 0 Å². The highest BCUT2D eigenvalue weighted by atomic mass is 35.5. The third kappa shape index (κ3) is 3.92. The quantitative estimate of drug-likeness (QED) is 0.545. The zero-order valence-corrected chi connectivity index (χ0v) is 20.0. The number of piperazine rings is 1. The van der Waals surface area contributed by atoms with Crippen LogP contribution in [0, 0.1) is 20.8 Å². The smallest absolute Gasteiger partial charge is 0.292 e. The van der Waals surface area contributed by atoms with Crippen molar-refractivity contribution in [3.63, 3.8) is 0 Å². The molecule has 12 heteroatoms. The summed E-state index contributed by atoms with van der Waals surface area (Å²) in [5, 5.41) is 8.53. The molecular weight excluding hydrogens is 477 g/mol. The lowest BCUT2D eigenvalue weighted by Crippen LogP contribution is -2.49. The maximum Gasteiger partial charge on any atom is 0.292 e. The van der Waals surface area contributed by atoms with Crippen molar-refractivity contribution < 1.29 is 12.9 Å². The summed E-state index contributed by atoms with van der Waals surface area (Å²) >= 11 is 12.6. The van der Waals surface area contributed by atoms with E-state index in [-0.39, 0.29) is 28.8 Å². The van der Waals surface area contributed by atoms with Crippen molar-refractivity contribution in [2.24, 2.45) is 0 Å². The fourth-order valence-electron chi connectivity index (χ4n) is 3.68. The van der Waals surface area contributed by atoms with E-state index in [0.29, 0.717) is 35.2 Å². The molecule has 0 bridgehead atoms. The van der Waals surface area contributed by atoms with Crippen LogP contribution in [0.4, 0.5) is 5.69 Å². The van der Waals surface area contributed by atoms with Crippen LogP contribution < -0.4 is 10.5 Å². The first-order chi connectivity index (χ1) is 15.1. The standard InChI is InChI=1S/C20H21Cl2N5O4S/c1-12-4-5-15(10-16(12)21)27-20(28)18(22)17(11-23-27)25-6-8-26(9-7-25)32(29,30)19-13(2)24-31-14(19)3/h4-5,10-11H,6-9H2,1-3H3. The van der Waals surface area contributed by atoms with E-state index in [0.717, 1.165) is 5.56 Å². The molecule has 0 saturated carbocycles. The maximum atomic E-state index is 13.0. The molecule has 0 atom stereocenters. The average Bonchev–Trinajstić information content (AvgIpc) is 3.11. The van der Waals surface area contributed by atoms with E-state index in [9.17, 15) is 13.2 Å². The van der Waals surface area contributed by atoms with Gasteiger partial charge in [0.1, 0.15) is 15.6 Å². The first kappa shape index (κ1) is 22.8. The van der Waals surface area contributed by atoms with Gasteiger partial charge < -0.3 is 9.42 Å². The van der Waals surface area contributed by atoms with Crippen molar-refractivity contribution in [2.75, 3.05) is 31.1 Å². The van der Waals surface area contributed by atoms with E-state index >= 15 is 0 Å². The third-order valence-corrected chi connectivity index (χ3v) is 8.35. The molecule has 0 amide bonds. The van der Waals surface area contributed by atoms with E-state index < -0.39 is 15.6 Å². The number of aryl methyl sites for hydroxylation is 3. The van der Waals surface area contributed by atoms with Gasteiger partial charge in [0, 0.05) is 31.2 Å². The van der Waals surface area contributed by atoms with Crippen molar-refractivity contribution >= 4 is 38.9 Å². The van der Waals surface area contributed by atoms with E-state index in [4.69, 9.17) is 27.7 Å². The predicted molar refractivity (Wildman–Crippen MR) is 122 cm³/mol. The van der Waals surface area contributed by atoms with Crippen molar-refractivity contribution in [1.82, 2.24) is 19.2 Å². The van der Waals surface area contributed by atoms with Gasteiger partial charge in [-0.25, -0.2) is 8.42 Å². The normalized spacial score (nSPS) is 15.3. The molecule has 0 aliphatic carbocycles. The monoisotopic (exact) mass is 497 g/mol.